The summed E-state index contributed by atoms with van der Waals surface area (Å²) in [5.41, 5.74) is 2.83. The second-order valence-electron chi connectivity index (χ2n) is 6.41. The summed E-state index contributed by atoms with van der Waals surface area (Å²) < 4.78 is 27.8. The lowest BCUT2D eigenvalue weighted by Crippen LogP contribution is -2.24. The van der Waals surface area contributed by atoms with Crippen molar-refractivity contribution in [3.05, 3.63) is 59.2 Å². The third-order valence-electron chi connectivity index (χ3n) is 4.13. The van der Waals surface area contributed by atoms with Gasteiger partial charge in [-0.25, -0.2) is 8.42 Å². The minimum Gasteiger partial charge on any atom is -0.352 e. The Kier molecular flexibility index (Phi) is 6.80. The van der Waals surface area contributed by atoms with Gasteiger partial charge in [0.25, 0.3) is 15.9 Å². The fraction of sp³-hybridized carbons (Fsp3) is 0.350. The average molecular weight is 375 g/mol. The van der Waals surface area contributed by atoms with Crippen LogP contribution >= 0.6 is 0 Å². The Bertz CT molecular complexity index is 859. The summed E-state index contributed by atoms with van der Waals surface area (Å²) in [6.45, 7) is 6.49. The number of benzene rings is 2. The van der Waals surface area contributed by atoms with E-state index in [0.29, 0.717) is 17.8 Å². The van der Waals surface area contributed by atoms with Gasteiger partial charge in [0.2, 0.25) is 0 Å². The van der Waals surface area contributed by atoms with E-state index in [-0.39, 0.29) is 10.8 Å². The second-order valence-corrected chi connectivity index (χ2v) is 8.09. The molecule has 0 aromatic heterocycles. The molecule has 0 bridgehead atoms. The number of carbonyl (C=O) groups is 1. The van der Waals surface area contributed by atoms with Crippen molar-refractivity contribution < 1.29 is 13.2 Å². The van der Waals surface area contributed by atoms with Gasteiger partial charge in [0, 0.05) is 12.1 Å². The molecule has 26 heavy (non-hydrogen) atoms. The number of sulfonamides is 1. The number of unbranched alkanes of at least 4 members (excludes halogenated alkanes) is 2. The molecule has 2 rings (SSSR count). The van der Waals surface area contributed by atoms with E-state index < -0.39 is 10.0 Å². The first-order valence-electron chi connectivity index (χ1n) is 8.82. The molecule has 0 atom stereocenters. The van der Waals surface area contributed by atoms with Crippen LogP contribution < -0.4 is 10.0 Å². The number of hydrogen-bond donors (Lipinski definition) is 2. The van der Waals surface area contributed by atoms with Crippen molar-refractivity contribution in [2.45, 2.75) is 44.9 Å². The van der Waals surface area contributed by atoms with Crippen molar-refractivity contribution in [2.24, 2.45) is 0 Å². The van der Waals surface area contributed by atoms with Gasteiger partial charge in [-0.1, -0.05) is 31.9 Å². The van der Waals surface area contributed by atoms with Gasteiger partial charge in [0.05, 0.1) is 10.6 Å². The van der Waals surface area contributed by atoms with Crippen LogP contribution in [0.5, 0.6) is 0 Å². The molecule has 0 aliphatic carbocycles. The number of amides is 1. The molecular weight excluding hydrogens is 348 g/mol. The second kappa shape index (κ2) is 8.85. The Hall–Kier alpha value is -2.34. The maximum absolute atomic E-state index is 12.6. The van der Waals surface area contributed by atoms with Gasteiger partial charge in [-0.2, -0.15) is 0 Å². The lowest BCUT2D eigenvalue weighted by molar-refractivity contribution is 0.0953. The fourth-order valence-corrected chi connectivity index (χ4v) is 3.64. The third-order valence-corrected chi connectivity index (χ3v) is 5.51. The van der Waals surface area contributed by atoms with E-state index in [0.717, 1.165) is 30.4 Å². The van der Waals surface area contributed by atoms with Crippen LogP contribution in [0.4, 0.5) is 5.69 Å². The highest BCUT2D eigenvalue weighted by Crippen LogP contribution is 2.21. The van der Waals surface area contributed by atoms with Crippen LogP contribution in [-0.2, 0) is 10.0 Å². The number of carbonyl (C=O) groups excluding carboxylic acids is 1. The first kappa shape index (κ1) is 20.0. The Balaban J connectivity index is 2.08. The maximum Gasteiger partial charge on any atom is 0.261 e. The molecule has 2 N–H and O–H groups in total. The van der Waals surface area contributed by atoms with Crippen molar-refractivity contribution in [2.75, 3.05) is 11.3 Å². The summed E-state index contributed by atoms with van der Waals surface area (Å²) in [5.74, 6) is -0.187. The Morgan fingerprint density at radius 2 is 1.69 bits per heavy atom. The average Bonchev–Trinajstić information content (AvgIpc) is 2.61. The first-order valence-corrected chi connectivity index (χ1v) is 10.3. The standard InChI is InChI=1S/C20H26N2O3S/c1-4-5-6-13-21-20(23)17-9-11-18(12-10-17)26(24,25)22-19-14-15(2)7-8-16(19)3/h7-12,14,22H,4-6,13H2,1-3H3,(H,21,23). The molecule has 1 amide bonds. The molecule has 0 saturated carbocycles. The van der Waals surface area contributed by atoms with Crippen molar-refractivity contribution in [1.82, 2.24) is 5.32 Å². The fourth-order valence-electron chi connectivity index (χ4n) is 2.51. The lowest BCUT2D eigenvalue weighted by atomic mass is 10.1. The van der Waals surface area contributed by atoms with Gasteiger partial charge >= 0.3 is 0 Å². The topological polar surface area (TPSA) is 75.3 Å². The molecule has 2 aromatic carbocycles. The van der Waals surface area contributed by atoms with Crippen LogP contribution in [0, 0.1) is 13.8 Å². The molecule has 0 aliphatic rings. The Labute approximate surface area is 155 Å². The monoisotopic (exact) mass is 374 g/mol. The summed E-state index contributed by atoms with van der Waals surface area (Å²) in [5, 5.41) is 2.84. The first-order chi connectivity index (χ1) is 12.3. The zero-order valence-electron chi connectivity index (χ0n) is 15.5. The number of aryl methyl sites for hydroxylation is 2. The van der Waals surface area contributed by atoms with E-state index in [1.54, 1.807) is 6.07 Å². The molecule has 2 aromatic rings. The molecule has 0 fully saturated rings. The molecule has 5 nitrogen and oxygen atoms in total. The minimum atomic E-state index is -3.70. The van der Waals surface area contributed by atoms with E-state index in [4.69, 9.17) is 0 Å². The van der Waals surface area contributed by atoms with E-state index in [1.165, 1.54) is 24.3 Å². The maximum atomic E-state index is 12.6. The summed E-state index contributed by atoms with van der Waals surface area (Å²) in [6.07, 6.45) is 3.10. The van der Waals surface area contributed by atoms with Gasteiger partial charge < -0.3 is 5.32 Å². The van der Waals surface area contributed by atoms with Gasteiger partial charge in [-0.05, 0) is 61.7 Å². The SMILES string of the molecule is CCCCCNC(=O)c1ccc(S(=O)(=O)Nc2cc(C)ccc2C)cc1. The number of rotatable bonds is 8. The quantitative estimate of drug-likeness (QED) is 0.685. The Morgan fingerprint density at radius 1 is 1.00 bits per heavy atom. The van der Waals surface area contributed by atoms with E-state index in [1.807, 2.05) is 26.0 Å². The molecule has 0 heterocycles. The van der Waals surface area contributed by atoms with Crippen LogP contribution in [-0.4, -0.2) is 20.9 Å². The van der Waals surface area contributed by atoms with E-state index in [2.05, 4.69) is 17.0 Å². The molecule has 0 unspecified atom stereocenters. The highest BCUT2D eigenvalue weighted by Gasteiger charge is 2.16. The summed E-state index contributed by atoms with van der Waals surface area (Å²) in [6, 6.07) is 11.6. The smallest absolute Gasteiger partial charge is 0.261 e. The van der Waals surface area contributed by atoms with Gasteiger partial charge in [0.1, 0.15) is 0 Å². The minimum absolute atomic E-state index is 0.126. The highest BCUT2D eigenvalue weighted by molar-refractivity contribution is 7.92. The van der Waals surface area contributed by atoms with Crippen molar-refractivity contribution >= 4 is 21.6 Å². The molecule has 0 radical (unpaired) electrons. The van der Waals surface area contributed by atoms with E-state index >= 15 is 0 Å². The van der Waals surface area contributed by atoms with Crippen LogP contribution in [0.2, 0.25) is 0 Å². The van der Waals surface area contributed by atoms with Crippen molar-refractivity contribution in [1.29, 1.82) is 0 Å². The molecule has 0 aliphatic heterocycles. The number of anilines is 1. The van der Waals surface area contributed by atoms with Crippen molar-refractivity contribution in [3.63, 3.8) is 0 Å². The van der Waals surface area contributed by atoms with Crippen LogP contribution in [0.25, 0.3) is 0 Å². The predicted octanol–water partition coefficient (Wildman–Crippen LogP) is 4.02. The zero-order valence-corrected chi connectivity index (χ0v) is 16.3. The molecule has 0 saturated heterocycles. The highest BCUT2D eigenvalue weighted by atomic mass is 32.2. The summed E-state index contributed by atoms with van der Waals surface area (Å²) >= 11 is 0. The van der Waals surface area contributed by atoms with Crippen LogP contribution in [0.3, 0.4) is 0 Å². The molecule has 6 heteroatoms. The number of nitrogens with one attached hydrogen (secondary N) is 2. The van der Waals surface area contributed by atoms with E-state index in [9.17, 15) is 13.2 Å². The molecule has 140 valence electrons. The van der Waals surface area contributed by atoms with Gasteiger partial charge in [-0.3, -0.25) is 9.52 Å². The third kappa shape index (κ3) is 5.33. The molecular formula is C20H26N2O3S. The summed E-state index contributed by atoms with van der Waals surface area (Å²) in [4.78, 5) is 12.2. The molecule has 0 spiro atoms. The summed E-state index contributed by atoms with van der Waals surface area (Å²) in [7, 11) is -3.70. The lowest BCUT2D eigenvalue weighted by Gasteiger charge is -2.12. The van der Waals surface area contributed by atoms with Crippen LogP contribution in [0.1, 0.15) is 47.7 Å². The van der Waals surface area contributed by atoms with Gasteiger partial charge in [-0.15, -0.1) is 0 Å². The predicted molar refractivity (Wildman–Crippen MR) is 105 cm³/mol. The number of hydrogen-bond acceptors (Lipinski definition) is 3. The van der Waals surface area contributed by atoms with Gasteiger partial charge in [0.15, 0.2) is 0 Å². The Morgan fingerprint density at radius 3 is 2.35 bits per heavy atom. The zero-order chi connectivity index (χ0) is 19.2. The van der Waals surface area contributed by atoms with Crippen LogP contribution in [0.15, 0.2) is 47.4 Å². The normalized spacial score (nSPS) is 11.2. The van der Waals surface area contributed by atoms with Crippen molar-refractivity contribution in [3.8, 4) is 0 Å². The largest absolute Gasteiger partial charge is 0.352 e.